The third-order valence-electron chi connectivity index (χ3n) is 2.43. The van der Waals surface area contributed by atoms with Gasteiger partial charge in [0.25, 0.3) is 0 Å². The van der Waals surface area contributed by atoms with Gasteiger partial charge in [0.15, 0.2) is 11.6 Å². The van der Waals surface area contributed by atoms with Gasteiger partial charge in [-0.25, -0.2) is 10.8 Å². The van der Waals surface area contributed by atoms with Crippen LogP contribution in [-0.2, 0) is 0 Å². The molecule has 0 bridgehead atoms. The first-order chi connectivity index (χ1) is 8.35. The van der Waals surface area contributed by atoms with Crippen molar-refractivity contribution < 1.29 is 0 Å². The number of hydrogen-bond donors (Lipinski definition) is 2. The van der Waals surface area contributed by atoms with Crippen LogP contribution in [0.3, 0.4) is 0 Å². The molecule has 3 N–H and O–H groups in total. The molecule has 0 spiro atoms. The minimum atomic E-state index is 0.553. The Morgan fingerprint density at radius 2 is 2.00 bits per heavy atom. The lowest BCUT2D eigenvalue weighted by Crippen LogP contribution is -2.19. The van der Waals surface area contributed by atoms with E-state index in [0.29, 0.717) is 5.82 Å². The quantitative estimate of drug-likeness (QED) is 0.619. The van der Waals surface area contributed by atoms with E-state index in [-0.39, 0.29) is 0 Å². The van der Waals surface area contributed by atoms with Gasteiger partial charge in [0.2, 0.25) is 0 Å². The number of rotatable bonds is 4. The highest BCUT2D eigenvalue weighted by Crippen LogP contribution is 2.22. The van der Waals surface area contributed by atoms with E-state index in [4.69, 9.17) is 5.84 Å². The molecule has 0 saturated carbocycles. The Kier molecular flexibility index (Phi) is 3.52. The number of nitrogen functional groups attached to an aromatic ring is 1. The van der Waals surface area contributed by atoms with Crippen molar-refractivity contribution >= 4 is 17.3 Å². The molecule has 0 aliphatic carbocycles. The predicted molar refractivity (Wildman–Crippen MR) is 69.0 cm³/mol. The van der Waals surface area contributed by atoms with E-state index in [1.165, 1.54) is 0 Å². The van der Waals surface area contributed by atoms with Gasteiger partial charge in [0, 0.05) is 12.2 Å². The minimum absolute atomic E-state index is 0.553. The second-order valence-electron chi connectivity index (χ2n) is 3.49. The number of nitrogens with two attached hydrogens (primary N) is 1. The Labute approximate surface area is 100 Å². The molecular formula is C12H15N5. The van der Waals surface area contributed by atoms with E-state index in [1.807, 2.05) is 30.3 Å². The molecule has 5 nitrogen and oxygen atoms in total. The van der Waals surface area contributed by atoms with E-state index >= 15 is 0 Å². The van der Waals surface area contributed by atoms with E-state index in [0.717, 1.165) is 18.1 Å². The lowest BCUT2D eigenvalue weighted by molar-refractivity contribution is 0.974. The van der Waals surface area contributed by atoms with E-state index in [1.54, 1.807) is 12.4 Å². The van der Waals surface area contributed by atoms with Crippen molar-refractivity contribution in [2.75, 3.05) is 16.9 Å². The van der Waals surface area contributed by atoms with Crippen LogP contribution >= 0.6 is 0 Å². The molecule has 2 rings (SSSR count). The van der Waals surface area contributed by atoms with Crippen LogP contribution in [0.4, 0.5) is 17.3 Å². The first kappa shape index (κ1) is 11.3. The molecule has 0 aliphatic heterocycles. The number of nitrogens with zero attached hydrogens (tertiary/aromatic N) is 3. The molecule has 5 heteroatoms. The highest BCUT2D eigenvalue weighted by molar-refractivity contribution is 5.60. The molecule has 2 aromatic rings. The van der Waals surface area contributed by atoms with Gasteiger partial charge in [-0.05, 0) is 19.1 Å². The standard InChI is InChI=1S/C12H15N5/c1-2-17(10-6-4-3-5-7-10)12-9-14-8-11(15-12)16-13/h3-9H,2,13H2,1H3,(H,15,16). The first-order valence-corrected chi connectivity index (χ1v) is 5.46. The third-order valence-corrected chi connectivity index (χ3v) is 2.43. The molecule has 17 heavy (non-hydrogen) atoms. The van der Waals surface area contributed by atoms with Crippen molar-refractivity contribution in [2.45, 2.75) is 6.92 Å². The Hall–Kier alpha value is -2.14. The smallest absolute Gasteiger partial charge is 0.160 e. The number of aromatic nitrogens is 2. The summed E-state index contributed by atoms with van der Waals surface area (Å²) < 4.78 is 0. The van der Waals surface area contributed by atoms with E-state index in [9.17, 15) is 0 Å². The fraction of sp³-hybridized carbons (Fsp3) is 0.167. The van der Waals surface area contributed by atoms with Crippen molar-refractivity contribution in [3.8, 4) is 0 Å². The van der Waals surface area contributed by atoms with Crippen LogP contribution in [0.25, 0.3) is 0 Å². The monoisotopic (exact) mass is 229 g/mol. The van der Waals surface area contributed by atoms with Crippen LogP contribution in [0.15, 0.2) is 42.7 Å². The molecule has 0 radical (unpaired) electrons. The van der Waals surface area contributed by atoms with Gasteiger partial charge in [0.1, 0.15) is 0 Å². The maximum absolute atomic E-state index is 5.33. The Morgan fingerprint density at radius 1 is 1.24 bits per heavy atom. The zero-order chi connectivity index (χ0) is 12.1. The summed E-state index contributed by atoms with van der Waals surface area (Å²) in [5.74, 6) is 6.65. The fourth-order valence-electron chi connectivity index (χ4n) is 1.64. The summed E-state index contributed by atoms with van der Waals surface area (Å²) in [4.78, 5) is 10.5. The maximum atomic E-state index is 5.33. The van der Waals surface area contributed by atoms with Gasteiger partial charge < -0.3 is 10.3 Å². The van der Waals surface area contributed by atoms with Gasteiger partial charge in [-0.15, -0.1) is 0 Å². The normalized spacial score (nSPS) is 10.0. The number of hydrazine groups is 1. The summed E-state index contributed by atoms with van der Waals surface area (Å²) in [5, 5.41) is 0. The Morgan fingerprint density at radius 3 is 2.65 bits per heavy atom. The molecule has 0 saturated heterocycles. The Balaban J connectivity index is 2.35. The van der Waals surface area contributed by atoms with Gasteiger partial charge in [-0.2, -0.15) is 0 Å². The van der Waals surface area contributed by atoms with Crippen LogP contribution < -0.4 is 16.2 Å². The lowest BCUT2D eigenvalue weighted by Gasteiger charge is -2.21. The number of nitrogens with one attached hydrogen (secondary N) is 1. The molecular weight excluding hydrogens is 214 g/mol. The topological polar surface area (TPSA) is 67.1 Å². The average molecular weight is 229 g/mol. The van der Waals surface area contributed by atoms with Gasteiger partial charge in [0.05, 0.1) is 12.4 Å². The summed E-state index contributed by atoms with van der Waals surface area (Å²) in [7, 11) is 0. The zero-order valence-electron chi connectivity index (χ0n) is 9.67. The van der Waals surface area contributed by atoms with Gasteiger partial charge >= 0.3 is 0 Å². The largest absolute Gasteiger partial charge is 0.325 e. The van der Waals surface area contributed by atoms with Gasteiger partial charge in [-0.1, -0.05) is 18.2 Å². The predicted octanol–water partition coefficient (Wildman–Crippen LogP) is 1.92. The van der Waals surface area contributed by atoms with Crippen LogP contribution in [0.2, 0.25) is 0 Å². The van der Waals surface area contributed by atoms with E-state index < -0.39 is 0 Å². The van der Waals surface area contributed by atoms with Crippen molar-refractivity contribution in [1.29, 1.82) is 0 Å². The molecule has 0 aliphatic rings. The van der Waals surface area contributed by atoms with Crippen molar-refractivity contribution in [1.82, 2.24) is 9.97 Å². The molecule has 1 heterocycles. The number of para-hydroxylation sites is 1. The molecule has 1 aromatic heterocycles. The van der Waals surface area contributed by atoms with Crippen LogP contribution in [-0.4, -0.2) is 16.5 Å². The lowest BCUT2D eigenvalue weighted by atomic mass is 10.3. The SMILES string of the molecule is CCN(c1ccccc1)c1cncc(NN)n1. The van der Waals surface area contributed by atoms with Crippen LogP contribution in [0, 0.1) is 0 Å². The minimum Gasteiger partial charge on any atom is -0.325 e. The summed E-state index contributed by atoms with van der Waals surface area (Å²) in [6, 6.07) is 10.1. The zero-order valence-corrected chi connectivity index (χ0v) is 9.67. The van der Waals surface area contributed by atoms with Crippen LogP contribution in [0.1, 0.15) is 6.92 Å². The summed E-state index contributed by atoms with van der Waals surface area (Å²) >= 11 is 0. The number of hydrogen-bond acceptors (Lipinski definition) is 5. The second-order valence-corrected chi connectivity index (χ2v) is 3.49. The molecule has 1 aromatic carbocycles. The van der Waals surface area contributed by atoms with Crippen LogP contribution in [0.5, 0.6) is 0 Å². The second kappa shape index (κ2) is 5.27. The average Bonchev–Trinajstić information content (AvgIpc) is 2.41. The van der Waals surface area contributed by atoms with Crippen molar-refractivity contribution in [3.05, 3.63) is 42.7 Å². The molecule has 0 fully saturated rings. The number of benzene rings is 1. The Bertz CT molecular complexity index is 471. The third kappa shape index (κ3) is 2.51. The summed E-state index contributed by atoms with van der Waals surface area (Å²) in [6.45, 7) is 2.88. The van der Waals surface area contributed by atoms with Gasteiger partial charge in [-0.3, -0.25) is 4.98 Å². The highest BCUT2D eigenvalue weighted by atomic mass is 15.3. The molecule has 88 valence electrons. The van der Waals surface area contributed by atoms with Crippen molar-refractivity contribution in [3.63, 3.8) is 0 Å². The van der Waals surface area contributed by atoms with E-state index in [2.05, 4.69) is 27.2 Å². The first-order valence-electron chi connectivity index (χ1n) is 5.46. The molecule has 0 atom stereocenters. The summed E-state index contributed by atoms with van der Waals surface area (Å²) in [5.41, 5.74) is 3.58. The number of anilines is 3. The van der Waals surface area contributed by atoms with Crippen molar-refractivity contribution in [2.24, 2.45) is 5.84 Å². The molecule has 0 amide bonds. The molecule has 0 unspecified atom stereocenters. The maximum Gasteiger partial charge on any atom is 0.160 e. The summed E-state index contributed by atoms with van der Waals surface area (Å²) in [6.07, 6.45) is 3.31. The highest BCUT2D eigenvalue weighted by Gasteiger charge is 2.08. The fourth-order valence-corrected chi connectivity index (χ4v) is 1.64.